The molecule has 31 heavy (non-hydrogen) atoms. The van der Waals surface area contributed by atoms with Gasteiger partial charge in [-0.15, -0.1) is 0 Å². The van der Waals surface area contributed by atoms with Crippen LogP contribution in [0.5, 0.6) is 28.7 Å². The molecular formula is C23H33N3O5. The lowest BCUT2D eigenvalue weighted by molar-refractivity contribution is 0.281. The lowest BCUT2D eigenvalue weighted by atomic mass is 10.1. The Labute approximate surface area is 184 Å². The van der Waals surface area contributed by atoms with Gasteiger partial charge in [-0.05, 0) is 30.7 Å². The highest BCUT2D eigenvalue weighted by atomic mass is 16.5. The number of likely N-dealkylation sites (N-methyl/N-ethyl adjacent to an activating group) is 1. The molecule has 0 saturated carbocycles. The molecule has 0 heterocycles. The molecule has 0 spiro atoms. The molecule has 2 rings (SSSR count). The summed E-state index contributed by atoms with van der Waals surface area (Å²) in [5.41, 5.74) is 0.972. The molecule has 170 valence electrons. The molecule has 0 aliphatic carbocycles. The van der Waals surface area contributed by atoms with Crippen LogP contribution in [-0.4, -0.2) is 73.1 Å². The van der Waals surface area contributed by atoms with Gasteiger partial charge in [-0.25, -0.2) is 0 Å². The molecule has 0 saturated heterocycles. The quantitative estimate of drug-likeness (QED) is 0.433. The Bertz CT molecular complexity index is 815. The third kappa shape index (κ3) is 6.87. The van der Waals surface area contributed by atoms with E-state index in [2.05, 4.69) is 10.3 Å². The van der Waals surface area contributed by atoms with Crippen LogP contribution in [0, 0.1) is 0 Å². The minimum absolute atomic E-state index is 0.531. The van der Waals surface area contributed by atoms with E-state index in [9.17, 15) is 0 Å². The van der Waals surface area contributed by atoms with E-state index in [1.54, 1.807) is 35.5 Å². The molecular weight excluding hydrogens is 398 g/mol. The zero-order valence-corrected chi connectivity index (χ0v) is 19.2. The van der Waals surface area contributed by atoms with Gasteiger partial charge >= 0.3 is 0 Å². The van der Waals surface area contributed by atoms with Crippen molar-refractivity contribution in [1.29, 1.82) is 0 Å². The molecule has 8 nitrogen and oxygen atoms in total. The van der Waals surface area contributed by atoms with Gasteiger partial charge in [-0.3, -0.25) is 4.99 Å². The normalized spacial score (nSPS) is 11.0. The summed E-state index contributed by atoms with van der Waals surface area (Å²) in [6, 6.07) is 11.2. The van der Waals surface area contributed by atoms with E-state index in [0.717, 1.165) is 34.5 Å². The lowest BCUT2D eigenvalue weighted by Crippen LogP contribution is -2.41. The number of methoxy groups -OCH3 is 4. The zero-order valence-electron chi connectivity index (χ0n) is 19.2. The van der Waals surface area contributed by atoms with Gasteiger partial charge < -0.3 is 33.9 Å². The maximum atomic E-state index is 5.80. The fourth-order valence-electron chi connectivity index (χ4n) is 3.09. The van der Waals surface area contributed by atoms with Crippen LogP contribution in [0.2, 0.25) is 0 Å². The summed E-state index contributed by atoms with van der Waals surface area (Å²) in [5, 5.41) is 3.37. The minimum atomic E-state index is 0.531. The fraction of sp³-hybridized carbons (Fsp3) is 0.435. The Balaban J connectivity index is 1.87. The van der Waals surface area contributed by atoms with Crippen LogP contribution in [0.3, 0.4) is 0 Å². The van der Waals surface area contributed by atoms with Crippen molar-refractivity contribution in [2.75, 3.05) is 62.2 Å². The van der Waals surface area contributed by atoms with Crippen LogP contribution in [-0.2, 0) is 6.42 Å². The molecule has 0 amide bonds. The molecule has 8 heteroatoms. The second-order valence-electron chi connectivity index (χ2n) is 6.68. The highest BCUT2D eigenvalue weighted by Crippen LogP contribution is 2.34. The maximum Gasteiger partial charge on any atom is 0.193 e. The number of benzene rings is 2. The Morgan fingerprint density at radius 3 is 1.97 bits per heavy atom. The summed E-state index contributed by atoms with van der Waals surface area (Å²) < 4.78 is 27.3. The number of nitrogens with zero attached hydrogens (tertiary/aromatic N) is 2. The van der Waals surface area contributed by atoms with Crippen LogP contribution in [0.15, 0.2) is 41.4 Å². The SMILES string of the molecule is CN=C(NCCc1c(OC)cc(OC)cc1OC)N(C)CCOc1ccc(OC)cc1. The summed E-state index contributed by atoms with van der Waals surface area (Å²) >= 11 is 0. The van der Waals surface area contributed by atoms with Crippen molar-refractivity contribution in [2.45, 2.75) is 6.42 Å². The average molecular weight is 432 g/mol. The largest absolute Gasteiger partial charge is 0.497 e. The minimum Gasteiger partial charge on any atom is -0.497 e. The maximum absolute atomic E-state index is 5.80. The molecule has 0 atom stereocenters. The van der Waals surface area contributed by atoms with E-state index in [-0.39, 0.29) is 0 Å². The molecule has 0 aliphatic heterocycles. The molecule has 2 aromatic rings. The van der Waals surface area contributed by atoms with E-state index in [0.29, 0.717) is 31.9 Å². The van der Waals surface area contributed by atoms with Gasteiger partial charge in [0.25, 0.3) is 0 Å². The van der Waals surface area contributed by atoms with Crippen molar-refractivity contribution in [3.63, 3.8) is 0 Å². The number of guanidine groups is 1. The highest BCUT2D eigenvalue weighted by molar-refractivity contribution is 5.79. The van der Waals surface area contributed by atoms with Crippen molar-refractivity contribution in [1.82, 2.24) is 10.2 Å². The van der Waals surface area contributed by atoms with Crippen molar-refractivity contribution in [3.8, 4) is 28.7 Å². The smallest absolute Gasteiger partial charge is 0.193 e. The second-order valence-corrected chi connectivity index (χ2v) is 6.68. The topological polar surface area (TPSA) is 73.8 Å². The van der Waals surface area contributed by atoms with Gasteiger partial charge in [-0.1, -0.05) is 0 Å². The first-order valence-electron chi connectivity index (χ1n) is 10.0. The molecule has 0 unspecified atom stereocenters. The molecule has 0 fully saturated rings. The summed E-state index contributed by atoms with van der Waals surface area (Å²) in [6.45, 7) is 1.87. The first-order valence-corrected chi connectivity index (χ1v) is 10.0. The van der Waals surface area contributed by atoms with Gasteiger partial charge in [0.15, 0.2) is 5.96 Å². The fourth-order valence-corrected chi connectivity index (χ4v) is 3.09. The first kappa shape index (κ1) is 24.0. The number of ether oxygens (including phenoxy) is 5. The molecule has 0 radical (unpaired) electrons. The predicted molar refractivity (Wildman–Crippen MR) is 122 cm³/mol. The second kappa shape index (κ2) is 12.4. The van der Waals surface area contributed by atoms with E-state index in [1.807, 2.05) is 48.3 Å². The molecule has 2 aromatic carbocycles. The Morgan fingerprint density at radius 1 is 0.871 bits per heavy atom. The van der Waals surface area contributed by atoms with E-state index >= 15 is 0 Å². The lowest BCUT2D eigenvalue weighted by Gasteiger charge is -2.22. The van der Waals surface area contributed by atoms with Crippen molar-refractivity contribution >= 4 is 5.96 Å². The summed E-state index contributed by atoms with van der Waals surface area (Å²) in [6.07, 6.45) is 0.700. The first-order chi connectivity index (χ1) is 15.1. The molecule has 0 aliphatic rings. The van der Waals surface area contributed by atoms with Gasteiger partial charge in [0.1, 0.15) is 35.4 Å². The molecule has 0 aromatic heterocycles. The van der Waals surface area contributed by atoms with E-state index in [1.165, 1.54) is 0 Å². The van der Waals surface area contributed by atoms with Gasteiger partial charge in [-0.2, -0.15) is 0 Å². The summed E-state index contributed by atoms with van der Waals surface area (Å²) in [5.74, 6) is 4.54. The zero-order chi connectivity index (χ0) is 22.6. The van der Waals surface area contributed by atoms with Crippen LogP contribution in [0.1, 0.15) is 5.56 Å². The van der Waals surface area contributed by atoms with Crippen molar-refractivity contribution in [3.05, 3.63) is 42.0 Å². The predicted octanol–water partition coefficient (Wildman–Crippen LogP) is 2.85. The number of aliphatic imine (C=N–C) groups is 1. The van der Waals surface area contributed by atoms with Gasteiger partial charge in [0, 0.05) is 38.3 Å². The van der Waals surface area contributed by atoms with Crippen LogP contribution >= 0.6 is 0 Å². The highest BCUT2D eigenvalue weighted by Gasteiger charge is 2.14. The van der Waals surface area contributed by atoms with Gasteiger partial charge in [0.2, 0.25) is 0 Å². The number of hydrogen-bond donors (Lipinski definition) is 1. The average Bonchev–Trinajstić information content (AvgIpc) is 2.81. The summed E-state index contributed by atoms with van der Waals surface area (Å²) in [4.78, 5) is 6.38. The number of rotatable bonds is 11. The Hall–Kier alpha value is -3.29. The van der Waals surface area contributed by atoms with E-state index in [4.69, 9.17) is 23.7 Å². The number of nitrogens with one attached hydrogen (secondary N) is 1. The summed E-state index contributed by atoms with van der Waals surface area (Å²) in [7, 11) is 10.3. The third-order valence-electron chi connectivity index (χ3n) is 4.80. The van der Waals surface area contributed by atoms with Crippen molar-refractivity contribution < 1.29 is 23.7 Å². The van der Waals surface area contributed by atoms with E-state index < -0.39 is 0 Å². The van der Waals surface area contributed by atoms with Crippen LogP contribution in [0.4, 0.5) is 0 Å². The monoisotopic (exact) mass is 431 g/mol. The molecule has 1 N–H and O–H groups in total. The van der Waals surface area contributed by atoms with Crippen LogP contribution < -0.4 is 29.0 Å². The van der Waals surface area contributed by atoms with Crippen LogP contribution in [0.25, 0.3) is 0 Å². The standard InChI is InChI=1S/C23H33N3O5/c1-24-23(26(2)13-14-31-18-9-7-17(27-3)8-10-18)25-12-11-20-21(29-5)15-19(28-4)16-22(20)30-6/h7-10,15-16H,11-14H2,1-6H3,(H,24,25). The number of hydrogen-bond acceptors (Lipinski definition) is 6. The Morgan fingerprint density at radius 2 is 1.45 bits per heavy atom. The Kier molecular flexibility index (Phi) is 9.61. The third-order valence-corrected chi connectivity index (χ3v) is 4.80. The molecule has 0 bridgehead atoms. The van der Waals surface area contributed by atoms with Crippen molar-refractivity contribution in [2.24, 2.45) is 4.99 Å². The van der Waals surface area contributed by atoms with Gasteiger partial charge in [0.05, 0.1) is 35.0 Å².